The van der Waals surface area contributed by atoms with Gasteiger partial charge in [0.15, 0.2) is 0 Å². The van der Waals surface area contributed by atoms with Gasteiger partial charge in [-0.15, -0.1) is 0 Å². The van der Waals surface area contributed by atoms with Crippen LogP contribution in [-0.2, 0) is 9.53 Å². The lowest BCUT2D eigenvalue weighted by atomic mass is 10.2. The van der Waals surface area contributed by atoms with Crippen LogP contribution in [0.15, 0.2) is 30.0 Å². The molecule has 7 heteroatoms. The molecule has 3 N–H and O–H groups in total. The molecule has 1 amide bonds. The summed E-state index contributed by atoms with van der Waals surface area (Å²) in [6.45, 7) is 5.17. The zero-order valence-corrected chi connectivity index (χ0v) is 13.8. The van der Waals surface area contributed by atoms with Gasteiger partial charge in [0.2, 0.25) is 0 Å². The van der Waals surface area contributed by atoms with Crippen molar-refractivity contribution in [3.8, 4) is 6.07 Å². The highest BCUT2D eigenvalue weighted by molar-refractivity contribution is 6.34. The topological polar surface area (TPSA) is 91.4 Å². The SMILES string of the molecule is CC1CN(/C=C(/C#N)C(=O)Nc2ccc(N)cc2Cl)CC(C)O1. The number of carbonyl (C=O) groups excluding carboxylic acids is 1. The molecule has 1 heterocycles. The molecular weight excluding hydrogens is 316 g/mol. The maximum Gasteiger partial charge on any atom is 0.267 e. The number of morpholine rings is 1. The largest absolute Gasteiger partial charge is 0.399 e. The van der Waals surface area contributed by atoms with Gasteiger partial charge in [-0.25, -0.2) is 0 Å². The van der Waals surface area contributed by atoms with E-state index in [1.165, 1.54) is 6.07 Å². The summed E-state index contributed by atoms with van der Waals surface area (Å²) in [4.78, 5) is 14.2. The van der Waals surface area contributed by atoms with Crippen molar-refractivity contribution in [1.29, 1.82) is 5.26 Å². The monoisotopic (exact) mass is 334 g/mol. The third kappa shape index (κ3) is 4.62. The molecule has 0 aromatic heterocycles. The van der Waals surface area contributed by atoms with Gasteiger partial charge in [0.1, 0.15) is 11.6 Å². The molecule has 1 aromatic carbocycles. The number of nitrogens with two attached hydrogens (primary N) is 1. The molecule has 1 aliphatic heterocycles. The first kappa shape index (κ1) is 17.1. The van der Waals surface area contributed by atoms with E-state index in [0.29, 0.717) is 29.5 Å². The molecule has 6 nitrogen and oxygen atoms in total. The highest BCUT2D eigenvalue weighted by Crippen LogP contribution is 2.24. The van der Waals surface area contributed by atoms with Crippen LogP contribution in [0, 0.1) is 11.3 Å². The molecule has 122 valence electrons. The molecular formula is C16H19ClN4O2. The van der Waals surface area contributed by atoms with Crippen molar-refractivity contribution in [2.75, 3.05) is 24.1 Å². The van der Waals surface area contributed by atoms with E-state index in [2.05, 4.69) is 5.32 Å². The summed E-state index contributed by atoms with van der Waals surface area (Å²) >= 11 is 6.03. The van der Waals surface area contributed by atoms with Crippen LogP contribution in [0.3, 0.4) is 0 Å². The zero-order valence-electron chi connectivity index (χ0n) is 13.0. The van der Waals surface area contributed by atoms with E-state index in [1.54, 1.807) is 18.3 Å². The molecule has 0 radical (unpaired) electrons. The Morgan fingerprint density at radius 1 is 1.48 bits per heavy atom. The van der Waals surface area contributed by atoms with Crippen LogP contribution < -0.4 is 11.1 Å². The Morgan fingerprint density at radius 3 is 2.70 bits per heavy atom. The minimum Gasteiger partial charge on any atom is -0.399 e. The molecule has 1 fully saturated rings. The van der Waals surface area contributed by atoms with E-state index in [1.807, 2.05) is 24.8 Å². The number of nitrogens with zero attached hydrogens (tertiary/aromatic N) is 2. The third-order valence-electron chi connectivity index (χ3n) is 3.37. The summed E-state index contributed by atoms with van der Waals surface area (Å²) < 4.78 is 5.63. The number of nitrogens with one attached hydrogen (secondary N) is 1. The molecule has 0 spiro atoms. The fourth-order valence-electron chi connectivity index (χ4n) is 2.47. The molecule has 1 saturated heterocycles. The maximum absolute atomic E-state index is 12.3. The Labute approximate surface area is 140 Å². The first-order valence-corrected chi connectivity index (χ1v) is 7.64. The number of nitrogen functional groups attached to an aromatic ring is 1. The number of hydrogen-bond donors (Lipinski definition) is 2. The molecule has 1 aromatic rings. The summed E-state index contributed by atoms with van der Waals surface area (Å²) in [6, 6.07) is 6.70. The number of ether oxygens (including phenoxy) is 1. The van der Waals surface area contributed by atoms with E-state index >= 15 is 0 Å². The highest BCUT2D eigenvalue weighted by atomic mass is 35.5. The Bertz CT molecular complexity index is 659. The Morgan fingerprint density at radius 2 is 2.13 bits per heavy atom. The Kier molecular flexibility index (Phi) is 5.48. The molecule has 2 unspecified atom stereocenters. The molecule has 2 atom stereocenters. The van der Waals surface area contributed by atoms with Crippen LogP contribution in [0.4, 0.5) is 11.4 Å². The van der Waals surface area contributed by atoms with E-state index in [9.17, 15) is 10.1 Å². The Hall–Kier alpha value is -2.23. The second-order valence-electron chi connectivity index (χ2n) is 5.56. The van der Waals surface area contributed by atoms with Gasteiger partial charge in [-0.05, 0) is 32.0 Å². The predicted molar refractivity (Wildman–Crippen MR) is 89.8 cm³/mol. The number of halogens is 1. The maximum atomic E-state index is 12.3. The van der Waals surface area contributed by atoms with E-state index in [4.69, 9.17) is 22.1 Å². The zero-order chi connectivity index (χ0) is 17.0. The summed E-state index contributed by atoms with van der Waals surface area (Å²) in [7, 11) is 0. The number of nitriles is 1. The molecule has 0 bridgehead atoms. The highest BCUT2D eigenvalue weighted by Gasteiger charge is 2.22. The minimum absolute atomic E-state index is 0.0131. The van der Waals surface area contributed by atoms with E-state index < -0.39 is 5.91 Å². The van der Waals surface area contributed by atoms with Crippen LogP contribution in [0.1, 0.15) is 13.8 Å². The van der Waals surface area contributed by atoms with Crippen LogP contribution >= 0.6 is 11.6 Å². The predicted octanol–water partition coefficient (Wildman–Crippen LogP) is 2.38. The lowest BCUT2D eigenvalue weighted by Crippen LogP contribution is -2.43. The summed E-state index contributed by atoms with van der Waals surface area (Å²) in [6.07, 6.45) is 1.66. The lowest BCUT2D eigenvalue weighted by Gasteiger charge is -2.34. The van der Waals surface area contributed by atoms with Crippen LogP contribution in [-0.4, -0.2) is 36.1 Å². The number of hydrogen-bond acceptors (Lipinski definition) is 5. The van der Waals surface area contributed by atoms with Gasteiger partial charge in [0.25, 0.3) is 5.91 Å². The molecule has 0 aliphatic carbocycles. The van der Waals surface area contributed by atoms with Gasteiger partial charge in [0, 0.05) is 25.0 Å². The van der Waals surface area contributed by atoms with Gasteiger partial charge in [-0.1, -0.05) is 11.6 Å². The summed E-state index contributed by atoms with van der Waals surface area (Å²) in [5.74, 6) is -0.508. The fourth-order valence-corrected chi connectivity index (χ4v) is 2.70. The smallest absolute Gasteiger partial charge is 0.267 e. The number of carbonyl (C=O) groups is 1. The lowest BCUT2D eigenvalue weighted by molar-refractivity contribution is -0.112. The summed E-state index contributed by atoms with van der Waals surface area (Å²) in [5.41, 5.74) is 6.54. The molecule has 1 aliphatic rings. The first-order valence-electron chi connectivity index (χ1n) is 7.27. The minimum atomic E-state index is -0.508. The van der Waals surface area contributed by atoms with Crippen molar-refractivity contribution in [2.45, 2.75) is 26.1 Å². The van der Waals surface area contributed by atoms with Crippen molar-refractivity contribution < 1.29 is 9.53 Å². The normalized spacial score (nSPS) is 21.7. The summed E-state index contributed by atoms with van der Waals surface area (Å²) in [5, 5.41) is 12.2. The standard InChI is InChI=1S/C16H19ClN4O2/c1-10-7-21(8-11(2)23-10)9-12(6-18)16(22)20-15-4-3-13(19)5-14(15)17/h3-5,9-11H,7-8,19H2,1-2H3,(H,20,22)/b12-9-. The van der Waals surface area contributed by atoms with Gasteiger partial charge >= 0.3 is 0 Å². The van der Waals surface area contributed by atoms with Gasteiger partial charge in [0.05, 0.1) is 22.9 Å². The van der Waals surface area contributed by atoms with Crippen molar-refractivity contribution in [3.63, 3.8) is 0 Å². The molecule has 2 rings (SSSR count). The van der Waals surface area contributed by atoms with E-state index in [-0.39, 0.29) is 17.8 Å². The second-order valence-corrected chi connectivity index (χ2v) is 5.97. The van der Waals surface area contributed by atoms with Crippen LogP contribution in [0.25, 0.3) is 0 Å². The Balaban J connectivity index is 2.12. The molecule has 23 heavy (non-hydrogen) atoms. The average Bonchev–Trinajstić information content (AvgIpc) is 2.46. The van der Waals surface area contributed by atoms with Crippen molar-refractivity contribution >= 4 is 28.9 Å². The van der Waals surface area contributed by atoms with Gasteiger partial charge in [-0.2, -0.15) is 5.26 Å². The van der Waals surface area contributed by atoms with Crippen molar-refractivity contribution in [2.24, 2.45) is 0 Å². The average molecular weight is 335 g/mol. The fraction of sp³-hybridized carbons (Fsp3) is 0.375. The number of amides is 1. The van der Waals surface area contributed by atoms with Crippen LogP contribution in [0.2, 0.25) is 5.02 Å². The van der Waals surface area contributed by atoms with Gasteiger partial charge in [-0.3, -0.25) is 4.79 Å². The second kappa shape index (κ2) is 7.36. The van der Waals surface area contributed by atoms with Crippen molar-refractivity contribution in [3.05, 3.63) is 35.0 Å². The van der Waals surface area contributed by atoms with Crippen LogP contribution in [0.5, 0.6) is 0 Å². The first-order chi connectivity index (χ1) is 10.9. The number of anilines is 2. The number of benzene rings is 1. The number of rotatable bonds is 3. The quantitative estimate of drug-likeness (QED) is 0.503. The van der Waals surface area contributed by atoms with Gasteiger partial charge < -0.3 is 20.7 Å². The molecule has 0 saturated carbocycles. The van der Waals surface area contributed by atoms with Crippen molar-refractivity contribution in [1.82, 2.24) is 4.90 Å². The van der Waals surface area contributed by atoms with E-state index in [0.717, 1.165) is 0 Å². The third-order valence-corrected chi connectivity index (χ3v) is 3.68.